The molecule has 0 unspecified atom stereocenters. The molecule has 2 heteroatoms. The van der Waals surface area contributed by atoms with E-state index in [4.69, 9.17) is 0 Å². The third-order valence-corrected chi connectivity index (χ3v) is 4.74. The van der Waals surface area contributed by atoms with Gasteiger partial charge in [-0.3, -0.25) is 0 Å². The lowest BCUT2D eigenvalue weighted by atomic mass is 9.96. The number of aryl methyl sites for hydroxylation is 2. The first-order valence-corrected chi connectivity index (χ1v) is 8.25. The minimum atomic E-state index is 0.970. The fraction of sp³-hybridized carbons (Fsp3) is 0.625. The van der Waals surface area contributed by atoms with Crippen LogP contribution >= 0.6 is 11.8 Å². The fourth-order valence-corrected chi connectivity index (χ4v) is 3.81. The smallest absolute Gasteiger partial charge is 0.0184 e. The Balaban J connectivity index is 1.68. The Kier molecular flexibility index (Phi) is 5.58. The predicted molar refractivity (Wildman–Crippen MR) is 82.3 cm³/mol. The summed E-state index contributed by atoms with van der Waals surface area (Å²) in [5.41, 5.74) is 4.27. The molecule has 18 heavy (non-hydrogen) atoms. The van der Waals surface area contributed by atoms with Gasteiger partial charge in [0.1, 0.15) is 0 Å². The van der Waals surface area contributed by atoms with Gasteiger partial charge >= 0.3 is 0 Å². The van der Waals surface area contributed by atoms with Crippen LogP contribution in [-0.2, 0) is 5.75 Å². The highest BCUT2D eigenvalue weighted by atomic mass is 32.2. The topological polar surface area (TPSA) is 12.0 Å². The van der Waals surface area contributed by atoms with E-state index in [1.165, 1.54) is 60.5 Å². The number of benzene rings is 1. The number of rotatable bonds is 5. The van der Waals surface area contributed by atoms with Gasteiger partial charge in [-0.15, -0.1) is 0 Å². The van der Waals surface area contributed by atoms with Crippen molar-refractivity contribution in [2.24, 2.45) is 5.92 Å². The second kappa shape index (κ2) is 7.20. The molecule has 1 aromatic carbocycles. The lowest BCUT2D eigenvalue weighted by Gasteiger charge is -2.22. The van der Waals surface area contributed by atoms with Crippen molar-refractivity contribution in [2.45, 2.75) is 38.9 Å². The highest BCUT2D eigenvalue weighted by molar-refractivity contribution is 7.98. The third kappa shape index (κ3) is 4.66. The number of hydrogen-bond donors (Lipinski definition) is 1. The van der Waals surface area contributed by atoms with E-state index in [-0.39, 0.29) is 0 Å². The second-order valence-corrected chi connectivity index (χ2v) is 6.64. The molecule has 0 spiro atoms. The Morgan fingerprint density at radius 1 is 1.11 bits per heavy atom. The van der Waals surface area contributed by atoms with Gasteiger partial charge in [-0.2, -0.15) is 11.8 Å². The number of nitrogens with one attached hydrogen (secondary N) is 1. The summed E-state index contributed by atoms with van der Waals surface area (Å²) in [4.78, 5) is 0. The molecule has 2 rings (SSSR count). The zero-order valence-corrected chi connectivity index (χ0v) is 12.5. The molecule has 0 amide bonds. The van der Waals surface area contributed by atoms with Gasteiger partial charge in [0.25, 0.3) is 0 Å². The van der Waals surface area contributed by atoms with E-state index in [2.05, 4.69) is 49.1 Å². The summed E-state index contributed by atoms with van der Waals surface area (Å²) in [5, 5.41) is 3.44. The summed E-state index contributed by atoms with van der Waals surface area (Å²) in [5.74, 6) is 3.46. The van der Waals surface area contributed by atoms with E-state index >= 15 is 0 Å². The second-order valence-electron chi connectivity index (χ2n) is 5.53. The molecular weight excluding hydrogens is 238 g/mol. The van der Waals surface area contributed by atoms with Crippen LogP contribution in [0, 0.1) is 19.8 Å². The number of hydrogen-bond acceptors (Lipinski definition) is 2. The van der Waals surface area contributed by atoms with Gasteiger partial charge in [0.2, 0.25) is 0 Å². The maximum absolute atomic E-state index is 3.44. The summed E-state index contributed by atoms with van der Waals surface area (Å²) >= 11 is 2.10. The molecule has 0 bridgehead atoms. The first-order chi connectivity index (χ1) is 8.74. The Hall–Kier alpha value is -0.470. The minimum absolute atomic E-state index is 0.970. The maximum Gasteiger partial charge on any atom is 0.0184 e. The van der Waals surface area contributed by atoms with Crippen molar-refractivity contribution in [3.8, 4) is 0 Å². The fourth-order valence-electron chi connectivity index (χ4n) is 2.76. The average molecular weight is 263 g/mol. The van der Waals surface area contributed by atoms with Crippen molar-refractivity contribution < 1.29 is 0 Å². The van der Waals surface area contributed by atoms with E-state index in [9.17, 15) is 0 Å². The van der Waals surface area contributed by atoms with Crippen LogP contribution in [0.3, 0.4) is 0 Å². The molecule has 1 N–H and O–H groups in total. The van der Waals surface area contributed by atoms with Crippen molar-refractivity contribution in [1.82, 2.24) is 5.32 Å². The van der Waals surface area contributed by atoms with Crippen molar-refractivity contribution in [2.75, 3.05) is 18.8 Å². The van der Waals surface area contributed by atoms with Crippen molar-refractivity contribution >= 4 is 11.8 Å². The summed E-state index contributed by atoms with van der Waals surface area (Å²) in [7, 11) is 0. The quantitative estimate of drug-likeness (QED) is 0.808. The Morgan fingerprint density at radius 3 is 2.44 bits per heavy atom. The van der Waals surface area contributed by atoms with Gasteiger partial charge in [0, 0.05) is 5.75 Å². The maximum atomic E-state index is 3.44. The summed E-state index contributed by atoms with van der Waals surface area (Å²) in [6.07, 6.45) is 4.16. The molecule has 1 aromatic rings. The van der Waals surface area contributed by atoms with Crippen LogP contribution in [0.1, 0.15) is 36.0 Å². The SMILES string of the molecule is Cc1cc(C)cc(CSCCC2CCNCC2)c1. The normalized spacial score (nSPS) is 17.0. The molecule has 100 valence electrons. The van der Waals surface area contributed by atoms with Crippen LogP contribution in [-0.4, -0.2) is 18.8 Å². The van der Waals surface area contributed by atoms with E-state index in [1.807, 2.05) is 0 Å². The molecule has 0 radical (unpaired) electrons. The average Bonchev–Trinajstić information content (AvgIpc) is 2.35. The molecular formula is C16H25NS. The lowest BCUT2D eigenvalue weighted by molar-refractivity contribution is 0.367. The molecule has 1 aliphatic rings. The lowest BCUT2D eigenvalue weighted by Crippen LogP contribution is -2.27. The van der Waals surface area contributed by atoms with Crippen LogP contribution in [0.4, 0.5) is 0 Å². The molecule has 1 heterocycles. The summed E-state index contributed by atoms with van der Waals surface area (Å²) in [6, 6.07) is 6.90. The Labute approximate surface area is 116 Å². The van der Waals surface area contributed by atoms with Gasteiger partial charge < -0.3 is 5.32 Å². The summed E-state index contributed by atoms with van der Waals surface area (Å²) < 4.78 is 0. The highest BCUT2D eigenvalue weighted by Crippen LogP contribution is 2.21. The molecule has 0 saturated carbocycles. The van der Waals surface area contributed by atoms with Crippen LogP contribution in [0.2, 0.25) is 0 Å². The van der Waals surface area contributed by atoms with E-state index < -0.39 is 0 Å². The molecule has 1 nitrogen and oxygen atoms in total. The van der Waals surface area contributed by atoms with Gasteiger partial charge in [-0.25, -0.2) is 0 Å². The largest absolute Gasteiger partial charge is 0.317 e. The van der Waals surface area contributed by atoms with Crippen LogP contribution in [0.15, 0.2) is 18.2 Å². The van der Waals surface area contributed by atoms with Gasteiger partial charge in [-0.1, -0.05) is 29.3 Å². The Bertz CT molecular complexity index is 349. The van der Waals surface area contributed by atoms with Crippen LogP contribution in [0.5, 0.6) is 0 Å². The standard InChI is InChI=1S/C16H25NS/c1-13-9-14(2)11-16(10-13)12-18-8-5-15-3-6-17-7-4-15/h9-11,15,17H,3-8,12H2,1-2H3. The minimum Gasteiger partial charge on any atom is -0.317 e. The van der Waals surface area contributed by atoms with E-state index in [0.717, 1.165) is 5.92 Å². The van der Waals surface area contributed by atoms with Crippen molar-refractivity contribution in [3.63, 3.8) is 0 Å². The zero-order valence-electron chi connectivity index (χ0n) is 11.7. The predicted octanol–water partition coefficient (Wildman–Crippen LogP) is 3.93. The van der Waals surface area contributed by atoms with Crippen molar-refractivity contribution in [3.05, 3.63) is 34.9 Å². The van der Waals surface area contributed by atoms with E-state index in [0.29, 0.717) is 0 Å². The first kappa shape index (κ1) is 14.0. The van der Waals surface area contributed by atoms with E-state index in [1.54, 1.807) is 0 Å². The number of thioether (sulfide) groups is 1. The van der Waals surface area contributed by atoms with Gasteiger partial charge in [0.05, 0.1) is 0 Å². The number of piperidine rings is 1. The first-order valence-electron chi connectivity index (χ1n) is 7.09. The Morgan fingerprint density at radius 2 is 1.78 bits per heavy atom. The zero-order chi connectivity index (χ0) is 12.8. The molecule has 0 atom stereocenters. The van der Waals surface area contributed by atoms with Crippen molar-refractivity contribution in [1.29, 1.82) is 0 Å². The molecule has 1 saturated heterocycles. The van der Waals surface area contributed by atoms with Gasteiger partial charge in [0.15, 0.2) is 0 Å². The molecule has 1 fully saturated rings. The van der Waals surface area contributed by atoms with Gasteiger partial charge in [-0.05, 0) is 63.4 Å². The molecule has 0 aromatic heterocycles. The monoisotopic (exact) mass is 263 g/mol. The molecule has 0 aliphatic carbocycles. The van der Waals surface area contributed by atoms with Crippen LogP contribution in [0.25, 0.3) is 0 Å². The summed E-state index contributed by atoms with van der Waals surface area (Å²) in [6.45, 7) is 6.84. The highest BCUT2D eigenvalue weighted by Gasteiger charge is 2.12. The third-order valence-electron chi connectivity index (χ3n) is 3.68. The molecule has 1 aliphatic heterocycles. The van der Waals surface area contributed by atoms with Crippen LogP contribution < -0.4 is 5.32 Å².